The lowest BCUT2D eigenvalue weighted by atomic mass is 10.1. The molecule has 1 unspecified atom stereocenters. The number of likely N-dealkylation sites (tertiary alicyclic amines) is 1. The molecule has 15 heteroatoms. The molecule has 4 heterocycles. The number of nitrogens with one attached hydrogen (secondary N) is 1. The lowest BCUT2D eigenvalue weighted by molar-refractivity contribution is 0.104. The largest absolute Gasteiger partial charge is 0.489 e. The molecule has 1 fully saturated rings. The van der Waals surface area contributed by atoms with Gasteiger partial charge in [0, 0.05) is 61.9 Å². The average Bonchev–Trinajstić information content (AvgIpc) is 3.08. The molecule has 0 aliphatic carbocycles. The van der Waals surface area contributed by atoms with Crippen molar-refractivity contribution in [1.82, 2.24) is 28.7 Å². The highest BCUT2D eigenvalue weighted by Gasteiger charge is 2.21. The standard InChI is InChI=1S/C34H37N7O6S2/c1-39-17-5-7-28(23-39)47-27-11-9-26(10-12-27)37-34-36-22-25-21-31(33(42)41(32(25)38-34)19-18-40(2)48(3,43)44)24-6-4-8-30(20-24)49(45,46)29-13-15-35-16-14-29/h4,6,8-16,20-22,28H,5,7,17-19,23H2,1-3H3,(H,36,37,38). The number of hydrogen-bond donors (Lipinski definition) is 1. The smallest absolute Gasteiger partial charge is 0.260 e. The summed E-state index contributed by atoms with van der Waals surface area (Å²) in [5.41, 5.74) is 1.12. The Morgan fingerprint density at radius 2 is 1.76 bits per heavy atom. The molecular weight excluding hydrogens is 667 g/mol. The molecule has 49 heavy (non-hydrogen) atoms. The summed E-state index contributed by atoms with van der Waals surface area (Å²) in [6.07, 6.45) is 7.70. The molecule has 1 aliphatic rings. The molecule has 1 saturated heterocycles. The van der Waals surface area contributed by atoms with Crippen molar-refractivity contribution in [2.45, 2.75) is 35.3 Å². The number of sulfone groups is 1. The second-order valence-corrected chi connectivity index (χ2v) is 16.1. The van der Waals surface area contributed by atoms with Crippen LogP contribution >= 0.6 is 0 Å². The number of aromatic nitrogens is 4. The van der Waals surface area contributed by atoms with E-state index < -0.39 is 25.4 Å². The number of hydrogen-bond acceptors (Lipinski definition) is 11. The normalized spacial score (nSPS) is 15.8. The first kappa shape index (κ1) is 34.2. The molecule has 0 bridgehead atoms. The van der Waals surface area contributed by atoms with Crippen molar-refractivity contribution in [2.24, 2.45) is 0 Å². The number of anilines is 2. The Labute approximate surface area is 285 Å². The molecular formula is C34H37N7O6S2. The fourth-order valence-corrected chi connectivity index (χ4v) is 7.38. The van der Waals surface area contributed by atoms with Gasteiger partial charge in [0.15, 0.2) is 0 Å². The quantitative estimate of drug-likeness (QED) is 0.214. The van der Waals surface area contributed by atoms with Gasteiger partial charge in [-0.15, -0.1) is 0 Å². The molecule has 256 valence electrons. The fourth-order valence-electron chi connectivity index (χ4n) is 5.68. The van der Waals surface area contributed by atoms with Crippen molar-refractivity contribution >= 4 is 42.5 Å². The van der Waals surface area contributed by atoms with Crippen molar-refractivity contribution in [3.8, 4) is 16.9 Å². The SMILES string of the molecule is CN1CCCC(Oc2ccc(Nc3ncc4cc(-c5cccc(S(=O)(=O)c6ccncc6)c5)c(=O)n(CCN(C)S(C)(=O)=O)c4n3)cc2)C1. The van der Waals surface area contributed by atoms with Gasteiger partial charge in [0.05, 0.1) is 16.0 Å². The first-order valence-corrected chi connectivity index (χ1v) is 19.0. The van der Waals surface area contributed by atoms with E-state index in [1.807, 2.05) is 24.3 Å². The van der Waals surface area contributed by atoms with E-state index in [9.17, 15) is 21.6 Å². The van der Waals surface area contributed by atoms with Crippen LogP contribution in [0.4, 0.5) is 11.6 Å². The minimum Gasteiger partial charge on any atom is -0.489 e. The van der Waals surface area contributed by atoms with E-state index in [4.69, 9.17) is 4.74 Å². The molecule has 0 saturated carbocycles. The van der Waals surface area contributed by atoms with Crippen molar-refractivity contribution in [2.75, 3.05) is 45.3 Å². The van der Waals surface area contributed by atoms with Crippen molar-refractivity contribution in [3.63, 3.8) is 0 Å². The third-order valence-electron chi connectivity index (χ3n) is 8.44. The molecule has 13 nitrogen and oxygen atoms in total. The van der Waals surface area contributed by atoms with E-state index in [2.05, 4.69) is 32.2 Å². The third-order valence-corrected chi connectivity index (χ3v) is 11.5. The van der Waals surface area contributed by atoms with Crippen molar-refractivity contribution < 1.29 is 21.6 Å². The number of likely N-dealkylation sites (N-methyl/N-ethyl adjacent to an activating group) is 2. The summed E-state index contributed by atoms with van der Waals surface area (Å²) in [5, 5.41) is 3.68. The van der Waals surface area contributed by atoms with Crippen LogP contribution in [-0.4, -0.2) is 91.6 Å². The van der Waals surface area contributed by atoms with Crippen LogP contribution in [0.15, 0.2) is 99.9 Å². The van der Waals surface area contributed by atoms with Gasteiger partial charge in [-0.25, -0.2) is 26.1 Å². The Kier molecular flexibility index (Phi) is 9.79. The van der Waals surface area contributed by atoms with E-state index in [0.29, 0.717) is 16.6 Å². The molecule has 2 aromatic carbocycles. The Morgan fingerprint density at radius 1 is 1.00 bits per heavy atom. The number of pyridine rings is 2. The van der Waals surface area contributed by atoms with Gasteiger partial charge in [0.1, 0.15) is 17.5 Å². The maximum Gasteiger partial charge on any atom is 0.260 e. The van der Waals surface area contributed by atoms with Crippen LogP contribution < -0.4 is 15.6 Å². The summed E-state index contributed by atoms with van der Waals surface area (Å²) < 4.78 is 59.8. The van der Waals surface area contributed by atoms with E-state index in [1.54, 1.807) is 24.4 Å². The summed E-state index contributed by atoms with van der Waals surface area (Å²) in [5.74, 6) is 0.997. The number of sulfonamides is 1. The molecule has 6 rings (SSSR count). The van der Waals surface area contributed by atoms with Gasteiger partial charge >= 0.3 is 0 Å². The van der Waals surface area contributed by atoms with Gasteiger partial charge in [-0.1, -0.05) is 12.1 Å². The first-order valence-electron chi connectivity index (χ1n) is 15.7. The summed E-state index contributed by atoms with van der Waals surface area (Å²) >= 11 is 0. The first-order chi connectivity index (χ1) is 23.4. The van der Waals surface area contributed by atoms with E-state index in [0.717, 1.165) is 42.2 Å². The highest BCUT2D eigenvalue weighted by Crippen LogP contribution is 2.27. The Hall–Kier alpha value is -4.70. The zero-order valence-electron chi connectivity index (χ0n) is 27.4. The maximum absolute atomic E-state index is 14.1. The number of benzene rings is 2. The molecule has 5 aromatic rings. The Balaban J connectivity index is 1.34. The highest BCUT2D eigenvalue weighted by atomic mass is 32.2. The van der Waals surface area contributed by atoms with E-state index >= 15 is 0 Å². The van der Waals surface area contributed by atoms with Gasteiger partial charge in [0.25, 0.3) is 5.56 Å². The predicted molar refractivity (Wildman–Crippen MR) is 187 cm³/mol. The summed E-state index contributed by atoms with van der Waals surface area (Å²) in [6.45, 7) is 1.94. The van der Waals surface area contributed by atoms with Crippen LogP contribution in [0.25, 0.3) is 22.2 Å². The van der Waals surface area contributed by atoms with Crippen LogP contribution in [0.5, 0.6) is 5.75 Å². The molecule has 1 atom stereocenters. The summed E-state index contributed by atoms with van der Waals surface area (Å²) in [7, 11) is -3.89. The van der Waals surface area contributed by atoms with Gasteiger partial charge < -0.3 is 15.0 Å². The second kappa shape index (κ2) is 14.0. The molecule has 0 spiro atoms. The van der Waals surface area contributed by atoms with Crippen molar-refractivity contribution in [3.05, 3.63) is 95.7 Å². The zero-order valence-corrected chi connectivity index (χ0v) is 29.0. The lowest BCUT2D eigenvalue weighted by Crippen LogP contribution is -2.38. The average molecular weight is 704 g/mol. The third kappa shape index (κ3) is 7.80. The topological polar surface area (TPSA) is 157 Å². The number of piperidine rings is 1. The second-order valence-electron chi connectivity index (χ2n) is 12.1. The van der Waals surface area contributed by atoms with Crippen LogP contribution in [0.3, 0.4) is 0 Å². The molecule has 1 N–H and O–H groups in total. The van der Waals surface area contributed by atoms with Crippen LogP contribution in [-0.2, 0) is 26.4 Å². The predicted octanol–water partition coefficient (Wildman–Crippen LogP) is 3.79. The van der Waals surface area contributed by atoms with Crippen molar-refractivity contribution in [1.29, 1.82) is 0 Å². The van der Waals surface area contributed by atoms with Crippen LogP contribution in [0.1, 0.15) is 12.8 Å². The van der Waals surface area contributed by atoms with Gasteiger partial charge in [0.2, 0.25) is 25.8 Å². The maximum atomic E-state index is 14.1. The number of fused-ring (bicyclic) bond motifs is 1. The van der Waals surface area contributed by atoms with Gasteiger partial charge in [-0.2, -0.15) is 4.98 Å². The summed E-state index contributed by atoms with van der Waals surface area (Å²) in [4.78, 5) is 29.5. The minimum atomic E-state index is -3.89. The van der Waals surface area contributed by atoms with Gasteiger partial charge in [-0.05, 0) is 86.6 Å². The Morgan fingerprint density at radius 3 is 2.47 bits per heavy atom. The molecule has 0 amide bonds. The minimum absolute atomic E-state index is 0.00122. The molecule has 0 radical (unpaired) electrons. The van der Waals surface area contributed by atoms with E-state index in [-0.39, 0.29) is 46.1 Å². The Bertz CT molecular complexity index is 2250. The number of rotatable bonds is 11. The molecule has 1 aliphatic heterocycles. The summed E-state index contributed by atoms with van der Waals surface area (Å²) in [6, 6.07) is 18.0. The zero-order chi connectivity index (χ0) is 34.8. The number of nitrogens with zero attached hydrogens (tertiary/aromatic N) is 6. The van der Waals surface area contributed by atoms with Crippen LogP contribution in [0.2, 0.25) is 0 Å². The van der Waals surface area contributed by atoms with Crippen LogP contribution in [0, 0.1) is 0 Å². The monoisotopic (exact) mass is 703 g/mol. The number of ether oxygens (including phenoxy) is 1. The van der Waals surface area contributed by atoms with E-state index in [1.165, 1.54) is 48.3 Å². The highest BCUT2D eigenvalue weighted by molar-refractivity contribution is 7.91. The fraction of sp³-hybridized carbons (Fsp3) is 0.294. The van der Waals surface area contributed by atoms with Gasteiger partial charge in [-0.3, -0.25) is 14.3 Å². The molecule has 3 aromatic heterocycles. The lowest BCUT2D eigenvalue weighted by Gasteiger charge is -2.30.